The number of carbonyl (C=O) groups is 2. The number of esters is 2. The molecule has 1 heterocycles. The van der Waals surface area contributed by atoms with Crippen LogP contribution < -0.4 is 0 Å². The molecule has 14 heavy (non-hydrogen) atoms. The van der Waals surface area contributed by atoms with Crippen molar-refractivity contribution in [2.24, 2.45) is 17.8 Å². The molecule has 0 N–H and O–H groups in total. The molecular formula is C11H16O3. The summed E-state index contributed by atoms with van der Waals surface area (Å²) in [6, 6.07) is 0. The van der Waals surface area contributed by atoms with E-state index in [1.165, 1.54) is 12.8 Å². The Morgan fingerprint density at radius 2 is 1.86 bits per heavy atom. The van der Waals surface area contributed by atoms with Crippen molar-refractivity contribution in [3.63, 3.8) is 0 Å². The van der Waals surface area contributed by atoms with Crippen molar-refractivity contribution < 1.29 is 14.3 Å². The Bertz CT molecular complexity index is 239. The van der Waals surface area contributed by atoms with Crippen molar-refractivity contribution in [2.45, 2.75) is 39.0 Å². The molecule has 1 saturated heterocycles. The van der Waals surface area contributed by atoms with Crippen LogP contribution in [-0.2, 0) is 14.3 Å². The zero-order chi connectivity index (χ0) is 10.1. The maximum atomic E-state index is 11.0. The number of cyclic esters (lactones) is 2. The Morgan fingerprint density at radius 3 is 2.36 bits per heavy atom. The van der Waals surface area contributed by atoms with E-state index >= 15 is 0 Å². The van der Waals surface area contributed by atoms with Gasteiger partial charge in [-0.15, -0.1) is 0 Å². The number of ether oxygens (including phenoxy) is 1. The van der Waals surface area contributed by atoms with E-state index in [1.807, 2.05) is 0 Å². The minimum Gasteiger partial charge on any atom is -0.393 e. The second-order valence-electron chi connectivity index (χ2n) is 4.67. The third kappa shape index (κ3) is 2.34. The average Bonchev–Trinajstić information content (AvgIpc) is 2.82. The quantitative estimate of drug-likeness (QED) is 0.511. The first-order valence-corrected chi connectivity index (χ1v) is 5.38. The van der Waals surface area contributed by atoms with Gasteiger partial charge in [-0.1, -0.05) is 6.92 Å². The van der Waals surface area contributed by atoms with Gasteiger partial charge in [0.1, 0.15) is 0 Å². The SMILES string of the molecule is CC(CC1CC(=O)OC(=O)C1)C1CC1. The minimum atomic E-state index is -0.339. The molecule has 0 aromatic heterocycles. The molecule has 1 unspecified atom stereocenters. The highest BCUT2D eigenvalue weighted by molar-refractivity contribution is 5.88. The van der Waals surface area contributed by atoms with Gasteiger partial charge in [0.2, 0.25) is 0 Å². The lowest BCUT2D eigenvalue weighted by Gasteiger charge is -2.22. The molecule has 0 spiro atoms. The fourth-order valence-electron chi connectivity index (χ4n) is 2.30. The molecule has 3 nitrogen and oxygen atoms in total. The highest BCUT2D eigenvalue weighted by atomic mass is 16.6. The lowest BCUT2D eigenvalue weighted by molar-refractivity contribution is -0.165. The summed E-state index contributed by atoms with van der Waals surface area (Å²) in [7, 11) is 0. The Hall–Kier alpha value is -0.860. The van der Waals surface area contributed by atoms with Gasteiger partial charge in [-0.2, -0.15) is 0 Å². The van der Waals surface area contributed by atoms with E-state index in [9.17, 15) is 9.59 Å². The summed E-state index contributed by atoms with van der Waals surface area (Å²) in [5.41, 5.74) is 0. The number of hydrogen-bond donors (Lipinski definition) is 0. The molecule has 2 aliphatic rings. The van der Waals surface area contributed by atoms with Gasteiger partial charge in [-0.05, 0) is 37.0 Å². The van der Waals surface area contributed by atoms with Gasteiger partial charge < -0.3 is 4.74 Å². The second kappa shape index (κ2) is 3.71. The molecule has 0 radical (unpaired) electrons. The maximum Gasteiger partial charge on any atom is 0.313 e. The van der Waals surface area contributed by atoms with Gasteiger partial charge in [-0.3, -0.25) is 9.59 Å². The van der Waals surface area contributed by atoms with Crippen molar-refractivity contribution in [3.05, 3.63) is 0 Å². The Labute approximate surface area is 83.8 Å². The summed E-state index contributed by atoms with van der Waals surface area (Å²) in [6.07, 6.45) is 4.52. The predicted molar refractivity (Wildman–Crippen MR) is 50.3 cm³/mol. The summed E-state index contributed by atoms with van der Waals surface area (Å²) in [6.45, 7) is 2.22. The molecule has 0 amide bonds. The molecule has 2 fully saturated rings. The second-order valence-corrected chi connectivity index (χ2v) is 4.67. The van der Waals surface area contributed by atoms with Gasteiger partial charge in [0.05, 0.1) is 0 Å². The fraction of sp³-hybridized carbons (Fsp3) is 0.818. The summed E-state index contributed by atoms with van der Waals surface area (Å²) >= 11 is 0. The van der Waals surface area contributed by atoms with Gasteiger partial charge in [0, 0.05) is 12.8 Å². The van der Waals surface area contributed by atoms with E-state index < -0.39 is 0 Å². The van der Waals surface area contributed by atoms with E-state index in [0.717, 1.165) is 12.3 Å². The van der Waals surface area contributed by atoms with Crippen LogP contribution in [0.25, 0.3) is 0 Å². The maximum absolute atomic E-state index is 11.0. The molecule has 1 atom stereocenters. The molecule has 0 aromatic rings. The van der Waals surface area contributed by atoms with Gasteiger partial charge in [0.15, 0.2) is 0 Å². The molecule has 2 rings (SSSR count). The average molecular weight is 196 g/mol. The third-order valence-electron chi connectivity index (χ3n) is 3.27. The van der Waals surface area contributed by atoms with Crippen LogP contribution in [0.2, 0.25) is 0 Å². The normalized spacial score (nSPS) is 26.1. The monoisotopic (exact) mass is 196 g/mol. The van der Waals surface area contributed by atoms with Crippen LogP contribution >= 0.6 is 0 Å². The Balaban J connectivity index is 1.84. The van der Waals surface area contributed by atoms with Gasteiger partial charge in [0.25, 0.3) is 0 Å². The zero-order valence-corrected chi connectivity index (χ0v) is 8.49. The highest BCUT2D eigenvalue weighted by Gasteiger charge is 2.33. The first-order chi connectivity index (χ1) is 6.65. The zero-order valence-electron chi connectivity index (χ0n) is 8.49. The van der Waals surface area contributed by atoms with Gasteiger partial charge >= 0.3 is 11.9 Å². The molecule has 0 bridgehead atoms. The lowest BCUT2D eigenvalue weighted by Crippen LogP contribution is -2.26. The molecule has 1 aliphatic heterocycles. The topological polar surface area (TPSA) is 43.4 Å². The van der Waals surface area contributed by atoms with Gasteiger partial charge in [-0.25, -0.2) is 0 Å². The van der Waals surface area contributed by atoms with E-state index in [4.69, 9.17) is 0 Å². The number of carbonyl (C=O) groups excluding carboxylic acids is 2. The predicted octanol–water partition coefficient (Wildman–Crippen LogP) is 1.90. The van der Waals surface area contributed by atoms with Crippen molar-refractivity contribution in [1.82, 2.24) is 0 Å². The summed E-state index contributed by atoms with van der Waals surface area (Å²) < 4.78 is 4.50. The fourth-order valence-corrected chi connectivity index (χ4v) is 2.30. The van der Waals surface area contributed by atoms with E-state index in [-0.39, 0.29) is 17.9 Å². The molecule has 78 valence electrons. The summed E-state index contributed by atoms with van der Waals surface area (Å²) in [5.74, 6) is 1.07. The van der Waals surface area contributed by atoms with Crippen molar-refractivity contribution >= 4 is 11.9 Å². The van der Waals surface area contributed by atoms with Crippen LogP contribution in [0.15, 0.2) is 0 Å². The molecule has 3 heteroatoms. The Kier molecular flexibility index (Phi) is 2.57. The van der Waals surface area contributed by atoms with E-state index in [0.29, 0.717) is 18.8 Å². The van der Waals surface area contributed by atoms with Crippen LogP contribution in [0, 0.1) is 17.8 Å². The van der Waals surface area contributed by atoms with Crippen LogP contribution in [0.4, 0.5) is 0 Å². The smallest absolute Gasteiger partial charge is 0.313 e. The van der Waals surface area contributed by atoms with Crippen LogP contribution in [-0.4, -0.2) is 11.9 Å². The largest absolute Gasteiger partial charge is 0.393 e. The Morgan fingerprint density at radius 1 is 1.29 bits per heavy atom. The molecule has 1 saturated carbocycles. The number of rotatable bonds is 3. The van der Waals surface area contributed by atoms with Crippen molar-refractivity contribution in [1.29, 1.82) is 0 Å². The minimum absolute atomic E-state index is 0.236. The standard InChI is InChI=1S/C11H16O3/c1-7(9-2-3-9)4-8-5-10(12)14-11(13)6-8/h7-9H,2-6H2,1H3. The molecule has 0 aromatic carbocycles. The van der Waals surface area contributed by atoms with Crippen molar-refractivity contribution in [3.8, 4) is 0 Å². The molecular weight excluding hydrogens is 180 g/mol. The first kappa shape index (κ1) is 9.69. The van der Waals surface area contributed by atoms with E-state index in [1.54, 1.807) is 0 Å². The van der Waals surface area contributed by atoms with Crippen LogP contribution in [0.1, 0.15) is 39.0 Å². The van der Waals surface area contributed by atoms with Crippen molar-refractivity contribution in [2.75, 3.05) is 0 Å². The lowest BCUT2D eigenvalue weighted by atomic mass is 9.87. The first-order valence-electron chi connectivity index (χ1n) is 5.38. The number of hydrogen-bond acceptors (Lipinski definition) is 3. The van der Waals surface area contributed by atoms with E-state index in [2.05, 4.69) is 11.7 Å². The third-order valence-corrected chi connectivity index (χ3v) is 3.27. The summed E-state index contributed by atoms with van der Waals surface area (Å²) in [5, 5.41) is 0. The van der Waals surface area contributed by atoms with Crippen LogP contribution in [0.3, 0.4) is 0 Å². The highest BCUT2D eigenvalue weighted by Crippen LogP contribution is 2.40. The summed E-state index contributed by atoms with van der Waals surface area (Å²) in [4.78, 5) is 22.0. The van der Waals surface area contributed by atoms with Crippen LogP contribution in [0.5, 0.6) is 0 Å². The molecule has 1 aliphatic carbocycles.